The van der Waals surface area contributed by atoms with E-state index in [0.29, 0.717) is 0 Å². The van der Waals surface area contributed by atoms with Gasteiger partial charge in [0.2, 0.25) is 0 Å². The van der Waals surface area contributed by atoms with Crippen LogP contribution in [0.1, 0.15) is 1.43 Å². The molecule has 0 aromatic rings. The van der Waals surface area contributed by atoms with Crippen LogP contribution in [-0.2, 0) is 0 Å². The summed E-state index contributed by atoms with van der Waals surface area (Å²) in [5.41, 5.74) is 0. The van der Waals surface area contributed by atoms with Crippen molar-refractivity contribution >= 4 is 7.32 Å². The Balaban J connectivity index is -0.000000001000. The molecule has 0 aliphatic rings. The molecule has 0 radical (unpaired) electrons. The molecule has 0 heterocycles. The topological polar surface area (TPSA) is 313 Å². The zero-order chi connectivity index (χ0) is 3.58. The van der Waals surface area contributed by atoms with Gasteiger partial charge in [-0.15, -0.1) is 0 Å². The van der Waals surface area contributed by atoms with E-state index in [4.69, 9.17) is 15.1 Å². The molecule has 13 heteroatoms. The van der Waals surface area contributed by atoms with Gasteiger partial charge in [0.1, 0.15) is 0 Å². The molecule has 0 saturated carbocycles. The minimum atomic E-state index is -2.17. The third-order valence-corrected chi connectivity index (χ3v) is 0. The van der Waals surface area contributed by atoms with Crippen LogP contribution < -0.4 is 29.6 Å². The Bertz CT molecular complexity index is 20.0. The van der Waals surface area contributed by atoms with Crippen LogP contribution >= 0.6 is 0 Å². The van der Waals surface area contributed by atoms with E-state index >= 15 is 0 Å². The Morgan fingerprint density at radius 3 is 0.538 bits per heavy atom. The zero-order valence-corrected chi connectivity index (χ0v) is 8.92. The van der Waals surface area contributed by atoms with Crippen molar-refractivity contribution in [3.8, 4) is 0 Å². The van der Waals surface area contributed by atoms with E-state index in [0.717, 1.165) is 0 Å². The predicted molar refractivity (Wildman–Crippen MR) is 42.4 cm³/mol. The second-order valence-corrected chi connectivity index (χ2v) is 0.346. The van der Waals surface area contributed by atoms with Gasteiger partial charge in [-0.2, -0.15) is 0 Å². The average Bonchev–Trinajstić information content (AvgIpc) is 0.811. The Labute approximate surface area is 97.4 Å². The van der Waals surface area contributed by atoms with E-state index in [1.54, 1.807) is 0 Å². The minimum absolute atomic E-state index is 0. The summed E-state index contributed by atoms with van der Waals surface area (Å²) in [4.78, 5) is 0. The van der Waals surface area contributed by atoms with Crippen LogP contribution in [0.15, 0.2) is 0 Å². The predicted octanol–water partition coefficient (Wildman–Crippen LogP) is -11.5. The summed E-state index contributed by atoms with van der Waals surface area (Å²) in [5.74, 6) is 0. The molecule has 0 aromatic carbocycles. The van der Waals surface area contributed by atoms with Crippen molar-refractivity contribution in [1.29, 1.82) is 0 Å². The maximum absolute atomic E-state index is 7.17. The minimum Gasteiger partial charge on any atom is -1.00 e. The standard InChI is InChI=1S/BH3O3.Na.8H2O.H/c2-1(3)4;;;;;;;;;;/h2-4H;;8*1H2;/q;+1;;;;;;;;;-1. The van der Waals surface area contributed by atoms with E-state index in [9.17, 15) is 0 Å². The summed E-state index contributed by atoms with van der Waals surface area (Å²) < 4.78 is 0. The molecular weight excluding hydrogens is 210 g/mol. The van der Waals surface area contributed by atoms with Gasteiger partial charge in [0.15, 0.2) is 0 Å². The van der Waals surface area contributed by atoms with Crippen molar-refractivity contribution in [2.24, 2.45) is 0 Å². The van der Waals surface area contributed by atoms with E-state index in [-0.39, 0.29) is 74.8 Å². The zero-order valence-electron chi connectivity index (χ0n) is 7.92. The van der Waals surface area contributed by atoms with Crippen LogP contribution in [0.25, 0.3) is 0 Å². The molecule has 0 bridgehead atoms. The van der Waals surface area contributed by atoms with Crippen LogP contribution in [-0.4, -0.2) is 66.2 Å². The first kappa shape index (κ1) is 165. The van der Waals surface area contributed by atoms with Gasteiger partial charge >= 0.3 is 36.9 Å². The molecule has 0 rings (SSSR count). The van der Waals surface area contributed by atoms with E-state index in [1.165, 1.54) is 0 Å². The second kappa shape index (κ2) is 130. The first-order chi connectivity index (χ1) is 1.73. The third-order valence-electron chi connectivity index (χ3n) is 0. The maximum Gasteiger partial charge on any atom is 1.00 e. The SMILES string of the molecule is O.O.O.O.O.O.O.O.OB(O)O.[H-].[Na+]. The Morgan fingerprint density at radius 1 is 0.538 bits per heavy atom. The molecule has 0 spiro atoms. The van der Waals surface area contributed by atoms with Crippen LogP contribution in [0.4, 0.5) is 0 Å². The number of hydrogen-bond donors (Lipinski definition) is 3. The van der Waals surface area contributed by atoms with Crippen molar-refractivity contribution in [3.05, 3.63) is 0 Å². The van der Waals surface area contributed by atoms with Gasteiger partial charge in [0.25, 0.3) is 0 Å². The van der Waals surface area contributed by atoms with Crippen LogP contribution in [0, 0.1) is 0 Å². The van der Waals surface area contributed by atoms with Crippen LogP contribution in [0.2, 0.25) is 0 Å². The molecule has 0 saturated heterocycles. The fourth-order valence-electron chi connectivity index (χ4n) is 0. The smallest absolute Gasteiger partial charge is 1.00 e. The van der Waals surface area contributed by atoms with Gasteiger partial charge in [0, 0.05) is 0 Å². The summed E-state index contributed by atoms with van der Waals surface area (Å²) in [5, 5.41) is 21.5. The molecule has 0 aromatic heterocycles. The molecule has 0 fully saturated rings. The van der Waals surface area contributed by atoms with Crippen molar-refractivity contribution in [2.75, 3.05) is 0 Å². The summed E-state index contributed by atoms with van der Waals surface area (Å²) in [7, 11) is -2.17. The van der Waals surface area contributed by atoms with E-state index in [1.807, 2.05) is 0 Å². The molecule has 0 unspecified atom stereocenters. The quantitative estimate of drug-likeness (QED) is 0.341. The largest absolute Gasteiger partial charge is 1.00 e. The van der Waals surface area contributed by atoms with Crippen molar-refractivity contribution in [1.82, 2.24) is 0 Å². The Kier molecular flexibility index (Phi) is 1650. The molecule has 0 aliphatic heterocycles. The van der Waals surface area contributed by atoms with E-state index in [2.05, 4.69) is 0 Å². The number of rotatable bonds is 0. The maximum atomic E-state index is 7.17. The second-order valence-electron chi connectivity index (χ2n) is 0.346. The van der Waals surface area contributed by atoms with Crippen LogP contribution in [0.5, 0.6) is 0 Å². The molecule has 0 amide bonds. The van der Waals surface area contributed by atoms with Gasteiger partial charge in [-0.05, 0) is 0 Å². The average molecular weight is 230 g/mol. The summed E-state index contributed by atoms with van der Waals surface area (Å²) >= 11 is 0. The molecule has 13 heavy (non-hydrogen) atoms. The summed E-state index contributed by atoms with van der Waals surface area (Å²) in [6.07, 6.45) is 0. The monoisotopic (exact) mass is 230 g/mol. The van der Waals surface area contributed by atoms with Gasteiger partial charge in [0.05, 0.1) is 0 Å². The van der Waals surface area contributed by atoms with Gasteiger partial charge in [-0.3, -0.25) is 0 Å². The van der Waals surface area contributed by atoms with Crippen molar-refractivity contribution in [3.63, 3.8) is 0 Å². The number of hydrogen-bond acceptors (Lipinski definition) is 3. The Hall–Kier alpha value is 0.625. The third kappa shape index (κ3) is 3650. The van der Waals surface area contributed by atoms with Gasteiger partial charge in [-0.1, -0.05) is 0 Å². The fourth-order valence-corrected chi connectivity index (χ4v) is 0. The fraction of sp³-hybridized carbons (Fsp3) is 0. The summed E-state index contributed by atoms with van der Waals surface area (Å²) in [6.45, 7) is 0. The first-order valence-corrected chi connectivity index (χ1v) is 0.775. The molecule has 11 nitrogen and oxygen atoms in total. The molecular formula is H20BNaO11. The Morgan fingerprint density at radius 2 is 0.538 bits per heavy atom. The first-order valence-electron chi connectivity index (χ1n) is 0.775. The van der Waals surface area contributed by atoms with Gasteiger partial charge in [-0.25, -0.2) is 0 Å². The van der Waals surface area contributed by atoms with E-state index < -0.39 is 7.32 Å². The normalized spacial score (nSPS) is 2.08. The summed E-state index contributed by atoms with van der Waals surface area (Å²) in [6, 6.07) is 0. The van der Waals surface area contributed by atoms with Crippen molar-refractivity contribution in [2.45, 2.75) is 0 Å². The van der Waals surface area contributed by atoms with Gasteiger partial charge < -0.3 is 60.3 Å². The molecule has 19 N–H and O–H groups in total. The molecule has 0 aliphatic carbocycles. The molecule has 0 atom stereocenters. The van der Waals surface area contributed by atoms with Crippen LogP contribution in [0.3, 0.4) is 0 Å². The van der Waals surface area contributed by atoms with Crippen molar-refractivity contribution < 1.29 is 89.9 Å². The molecule has 90 valence electrons.